The zero-order valence-corrected chi connectivity index (χ0v) is 9.26. The average Bonchev–Trinajstić information content (AvgIpc) is 2.09. The molecule has 0 spiro atoms. The second-order valence-corrected chi connectivity index (χ2v) is 3.67. The first-order valence-electron chi connectivity index (χ1n) is 4.16. The highest BCUT2D eigenvalue weighted by Crippen LogP contribution is 2.09. The van der Waals surface area contributed by atoms with Gasteiger partial charge >= 0.3 is 5.97 Å². The second-order valence-electron chi connectivity index (χ2n) is 3.67. The molecule has 88 valence electrons. The summed E-state index contributed by atoms with van der Waals surface area (Å²) in [6.45, 7) is 5.56. The summed E-state index contributed by atoms with van der Waals surface area (Å²) in [5, 5.41) is 3.28. The van der Waals surface area contributed by atoms with E-state index >= 15 is 0 Å². The summed E-state index contributed by atoms with van der Waals surface area (Å²) >= 11 is 0. The van der Waals surface area contributed by atoms with Gasteiger partial charge in [-0.05, 0) is 26.3 Å². The zero-order valence-electron chi connectivity index (χ0n) is 9.26. The minimum absolute atomic E-state index is 0. The largest absolute Gasteiger partial charge is 0.469 e. The Bertz CT molecular complexity index is 246. The molecule has 0 aliphatic heterocycles. The number of nitrogens with zero attached hydrogens (tertiary/aromatic N) is 3. The van der Waals surface area contributed by atoms with E-state index < -0.39 is 12.0 Å². The van der Waals surface area contributed by atoms with E-state index in [-0.39, 0.29) is 16.9 Å². The van der Waals surface area contributed by atoms with Gasteiger partial charge in [0.05, 0.1) is 19.3 Å². The van der Waals surface area contributed by atoms with Gasteiger partial charge in [0, 0.05) is 4.91 Å². The van der Waals surface area contributed by atoms with Gasteiger partial charge < -0.3 is 9.47 Å². The lowest BCUT2D eigenvalue weighted by atomic mass is 10.2. The number of carbonyl (C=O) groups excluding carboxylic acids is 1. The molecule has 15 heavy (non-hydrogen) atoms. The summed E-state index contributed by atoms with van der Waals surface area (Å²) in [5.74, 6) is -0.591. The van der Waals surface area contributed by atoms with Crippen LogP contribution in [0.25, 0.3) is 10.4 Å². The van der Waals surface area contributed by atoms with Crippen LogP contribution < -0.4 is 0 Å². The Hall–Kier alpha value is -1.33. The molecule has 0 aliphatic carbocycles. The molecule has 0 saturated heterocycles. The summed E-state index contributed by atoms with van der Waals surface area (Å²) in [7, 11) is 1.24. The van der Waals surface area contributed by atoms with Gasteiger partial charge in [0.1, 0.15) is 0 Å². The van der Waals surface area contributed by atoms with Gasteiger partial charge in [-0.2, -0.15) is 0 Å². The molecule has 0 heterocycles. The van der Waals surface area contributed by atoms with Gasteiger partial charge in [0.25, 0.3) is 0 Å². The van der Waals surface area contributed by atoms with E-state index in [1.54, 1.807) is 0 Å². The molecule has 0 rings (SSSR count). The van der Waals surface area contributed by atoms with Crippen molar-refractivity contribution in [3.8, 4) is 0 Å². The van der Waals surface area contributed by atoms with Crippen molar-refractivity contribution in [2.24, 2.45) is 5.11 Å². The summed E-state index contributed by atoms with van der Waals surface area (Å²) in [5.41, 5.74) is 7.83. The highest BCUT2D eigenvalue weighted by atomic mass is 19.0. The van der Waals surface area contributed by atoms with Gasteiger partial charge in [-0.1, -0.05) is 5.11 Å². The topological polar surface area (TPSA) is 84.3 Å². The lowest BCUT2D eigenvalue weighted by molar-refractivity contribution is -0.144. The molecule has 0 saturated carbocycles. The van der Waals surface area contributed by atoms with E-state index in [0.717, 1.165) is 0 Å². The molecule has 0 aromatic carbocycles. The number of hydrogen-bond acceptors (Lipinski definition) is 4. The molecule has 0 N–H and O–H groups in total. The van der Waals surface area contributed by atoms with Crippen LogP contribution in [0.2, 0.25) is 0 Å². The van der Waals surface area contributed by atoms with E-state index in [4.69, 9.17) is 10.3 Å². The van der Waals surface area contributed by atoms with Crippen LogP contribution in [0.5, 0.6) is 0 Å². The fourth-order valence-corrected chi connectivity index (χ4v) is 0.676. The van der Waals surface area contributed by atoms with Crippen LogP contribution in [0.1, 0.15) is 20.8 Å². The van der Waals surface area contributed by atoms with Crippen molar-refractivity contribution in [3.05, 3.63) is 10.4 Å². The smallest absolute Gasteiger partial charge is 0.317 e. The highest BCUT2D eigenvalue weighted by Gasteiger charge is 2.21. The van der Waals surface area contributed by atoms with Gasteiger partial charge in [-0.25, -0.2) is 0 Å². The van der Waals surface area contributed by atoms with Crippen LogP contribution in [-0.2, 0) is 14.3 Å². The normalized spacial score (nSPS) is 12.0. The number of carbonyl (C=O) groups is 1. The van der Waals surface area contributed by atoms with Crippen LogP contribution in [-0.4, -0.2) is 31.3 Å². The lowest BCUT2D eigenvalue weighted by Crippen LogP contribution is -2.30. The Labute approximate surface area is 87.5 Å². The van der Waals surface area contributed by atoms with Crippen molar-refractivity contribution in [1.82, 2.24) is 0 Å². The Balaban J connectivity index is 0. The van der Waals surface area contributed by atoms with Crippen molar-refractivity contribution in [2.75, 3.05) is 13.7 Å². The maximum Gasteiger partial charge on any atom is 0.317 e. The van der Waals surface area contributed by atoms with Crippen LogP contribution in [0.15, 0.2) is 5.11 Å². The number of ether oxygens (including phenoxy) is 2. The molecule has 0 aliphatic rings. The zero-order chi connectivity index (χ0) is 11.2. The van der Waals surface area contributed by atoms with Crippen LogP contribution in [0.4, 0.5) is 4.70 Å². The summed E-state index contributed by atoms with van der Waals surface area (Å²) < 4.78 is 9.75. The summed E-state index contributed by atoms with van der Waals surface area (Å²) in [6.07, 6.45) is 0. The average molecular weight is 221 g/mol. The fourth-order valence-electron chi connectivity index (χ4n) is 0.676. The molecule has 0 bridgehead atoms. The lowest BCUT2D eigenvalue weighted by Gasteiger charge is -2.21. The molecule has 0 aromatic rings. The summed E-state index contributed by atoms with van der Waals surface area (Å²) in [4.78, 5) is 13.6. The van der Waals surface area contributed by atoms with Crippen molar-refractivity contribution < 1.29 is 19.0 Å². The first-order chi connectivity index (χ1) is 6.40. The fraction of sp³-hybridized carbons (Fsp3) is 0.875. The Morgan fingerprint density at radius 2 is 2.07 bits per heavy atom. The molecule has 0 aromatic heterocycles. The van der Waals surface area contributed by atoms with Crippen molar-refractivity contribution in [2.45, 2.75) is 32.4 Å². The van der Waals surface area contributed by atoms with E-state index in [9.17, 15) is 4.79 Å². The van der Waals surface area contributed by atoms with Gasteiger partial charge in [0.15, 0.2) is 6.04 Å². The van der Waals surface area contributed by atoms with E-state index in [1.807, 2.05) is 20.8 Å². The molecule has 6 nitrogen and oxygen atoms in total. The highest BCUT2D eigenvalue weighted by molar-refractivity contribution is 5.75. The van der Waals surface area contributed by atoms with Crippen molar-refractivity contribution >= 4 is 5.97 Å². The quantitative estimate of drug-likeness (QED) is 0.314. The minimum Gasteiger partial charge on any atom is -0.469 e. The predicted octanol–water partition coefficient (Wildman–Crippen LogP) is 1.81. The first kappa shape index (κ1) is 16.1. The van der Waals surface area contributed by atoms with Crippen LogP contribution in [0, 0.1) is 0 Å². The predicted molar refractivity (Wildman–Crippen MR) is 53.2 cm³/mol. The molecule has 1 atom stereocenters. The second kappa shape index (κ2) is 7.03. The monoisotopic (exact) mass is 221 g/mol. The van der Waals surface area contributed by atoms with E-state index in [0.29, 0.717) is 0 Å². The van der Waals surface area contributed by atoms with Gasteiger partial charge in [0.2, 0.25) is 0 Å². The summed E-state index contributed by atoms with van der Waals surface area (Å²) in [6, 6.07) is -0.913. The number of esters is 1. The Kier molecular flexibility index (Phi) is 7.55. The molecular formula is C8H16FN3O3. The third-order valence-electron chi connectivity index (χ3n) is 1.34. The van der Waals surface area contributed by atoms with Gasteiger partial charge in [-0.3, -0.25) is 9.50 Å². The third kappa shape index (κ3) is 7.72. The molecule has 0 amide bonds. The van der Waals surface area contributed by atoms with E-state index in [2.05, 4.69) is 14.8 Å². The number of halogens is 1. The molecular weight excluding hydrogens is 205 g/mol. The van der Waals surface area contributed by atoms with Crippen LogP contribution >= 0.6 is 0 Å². The molecule has 0 fully saturated rings. The number of rotatable bonds is 4. The molecule has 7 heteroatoms. The first-order valence-corrected chi connectivity index (χ1v) is 4.16. The molecule has 0 unspecified atom stereocenters. The number of azide groups is 1. The van der Waals surface area contributed by atoms with Crippen molar-refractivity contribution in [3.63, 3.8) is 0 Å². The number of methoxy groups -OCH3 is 1. The maximum absolute atomic E-state index is 11.1. The van der Waals surface area contributed by atoms with E-state index in [1.165, 1.54) is 7.11 Å². The molecule has 0 radical (unpaired) electrons. The maximum atomic E-state index is 11.1. The van der Waals surface area contributed by atoms with Crippen molar-refractivity contribution in [1.29, 1.82) is 0 Å². The Morgan fingerprint density at radius 3 is 2.40 bits per heavy atom. The standard InChI is InChI=1S/C8H15N3O3.FH/c1-8(2,3)14-5-6(10-11-9)7(12)13-4;/h6H,5H2,1-4H3;1H/t6-;/m1./s1. The number of hydrogen-bond donors (Lipinski definition) is 0. The minimum atomic E-state index is -0.913. The Morgan fingerprint density at radius 1 is 1.53 bits per heavy atom. The third-order valence-corrected chi connectivity index (χ3v) is 1.34. The SMILES string of the molecule is COC(=O)[C@@H](COC(C)(C)C)N=[N+]=[N-].F. The van der Waals surface area contributed by atoms with Gasteiger partial charge in [-0.15, -0.1) is 0 Å². The van der Waals surface area contributed by atoms with Crippen LogP contribution in [0.3, 0.4) is 0 Å².